The molecule has 3 aromatic carbocycles. The molecule has 0 aliphatic rings. The molecule has 0 radical (unpaired) electrons. The molecule has 0 bridgehead atoms. The van der Waals surface area contributed by atoms with Crippen LogP contribution in [0, 0.1) is 13.8 Å². The van der Waals surface area contributed by atoms with Crippen molar-refractivity contribution in [3.8, 4) is 22.7 Å². The number of carbonyl (C=O) groups is 1. The van der Waals surface area contributed by atoms with Crippen molar-refractivity contribution in [2.45, 2.75) is 33.3 Å². The first kappa shape index (κ1) is 23.8. The fraction of sp³-hybridized carbons (Fsp3) is 0.207. The van der Waals surface area contributed by atoms with Crippen molar-refractivity contribution >= 4 is 21.9 Å². The van der Waals surface area contributed by atoms with E-state index in [1.54, 1.807) is 6.92 Å². The van der Waals surface area contributed by atoms with Crippen LogP contribution in [0.5, 0.6) is 5.75 Å². The Morgan fingerprint density at radius 3 is 2.26 bits per heavy atom. The van der Waals surface area contributed by atoms with E-state index in [4.69, 9.17) is 9.47 Å². The van der Waals surface area contributed by atoms with Crippen molar-refractivity contribution in [2.24, 2.45) is 0 Å². The molecule has 1 atom stereocenters. The lowest BCUT2D eigenvalue weighted by molar-refractivity contribution is -0.151. The first-order chi connectivity index (χ1) is 16.5. The molecule has 0 spiro atoms. The second-order valence-electron chi connectivity index (χ2n) is 8.20. The van der Waals surface area contributed by atoms with E-state index in [0.717, 1.165) is 27.0 Å². The van der Waals surface area contributed by atoms with Crippen LogP contribution in [0.25, 0.3) is 16.9 Å². The maximum atomic E-state index is 12.6. The molecule has 0 saturated carbocycles. The van der Waals surface area contributed by atoms with Gasteiger partial charge < -0.3 is 14.0 Å². The number of ether oxygens (including phenoxy) is 2. The van der Waals surface area contributed by atoms with Gasteiger partial charge in [-0.3, -0.25) is 0 Å². The molecule has 0 N–H and O–H groups in total. The van der Waals surface area contributed by atoms with E-state index in [2.05, 4.69) is 52.5 Å². The third kappa shape index (κ3) is 5.42. The number of halogens is 1. The molecule has 5 heteroatoms. The van der Waals surface area contributed by atoms with Gasteiger partial charge in [0.15, 0.2) is 6.10 Å². The molecule has 174 valence electrons. The van der Waals surface area contributed by atoms with Gasteiger partial charge in [-0.25, -0.2) is 4.79 Å². The van der Waals surface area contributed by atoms with Crippen molar-refractivity contribution in [3.63, 3.8) is 0 Å². The fourth-order valence-electron chi connectivity index (χ4n) is 4.17. The van der Waals surface area contributed by atoms with E-state index in [9.17, 15) is 4.79 Å². The Balaban J connectivity index is 1.60. The Labute approximate surface area is 209 Å². The maximum absolute atomic E-state index is 12.6. The zero-order valence-corrected chi connectivity index (χ0v) is 21.2. The predicted molar refractivity (Wildman–Crippen MR) is 140 cm³/mol. The summed E-state index contributed by atoms with van der Waals surface area (Å²) in [6.07, 6.45) is -0.254. The van der Waals surface area contributed by atoms with Gasteiger partial charge in [0.2, 0.25) is 0 Å². The van der Waals surface area contributed by atoms with Crippen molar-refractivity contribution in [3.05, 3.63) is 106 Å². The summed E-state index contributed by atoms with van der Waals surface area (Å²) < 4.78 is 14.7. The number of hydrogen-bond donors (Lipinski definition) is 0. The minimum atomic E-state index is -0.705. The van der Waals surface area contributed by atoms with E-state index in [1.807, 2.05) is 66.7 Å². The number of aryl methyl sites for hydroxylation is 2. The topological polar surface area (TPSA) is 40.5 Å². The first-order valence-electron chi connectivity index (χ1n) is 11.4. The third-order valence-corrected chi connectivity index (χ3v) is 6.21. The van der Waals surface area contributed by atoms with Crippen LogP contribution in [-0.2, 0) is 16.0 Å². The monoisotopic (exact) mass is 517 g/mol. The average molecular weight is 518 g/mol. The molecular formula is C29H28BrNO3. The molecule has 0 aliphatic carbocycles. The van der Waals surface area contributed by atoms with Crippen LogP contribution in [-0.4, -0.2) is 23.2 Å². The predicted octanol–water partition coefficient (Wildman–Crippen LogP) is 7.08. The average Bonchev–Trinajstić information content (AvgIpc) is 3.14. The number of rotatable bonds is 8. The zero-order chi connectivity index (χ0) is 24.1. The van der Waals surface area contributed by atoms with Gasteiger partial charge in [0.25, 0.3) is 0 Å². The molecule has 0 aliphatic heterocycles. The molecule has 4 nitrogen and oxygen atoms in total. The largest absolute Gasteiger partial charge is 0.478 e. The minimum Gasteiger partial charge on any atom is -0.478 e. The summed E-state index contributed by atoms with van der Waals surface area (Å²) >= 11 is 3.52. The summed E-state index contributed by atoms with van der Waals surface area (Å²) in [7, 11) is 0. The second kappa shape index (κ2) is 10.7. The van der Waals surface area contributed by atoms with Gasteiger partial charge in [0.1, 0.15) is 5.75 Å². The summed E-state index contributed by atoms with van der Waals surface area (Å²) in [5.41, 5.74) is 6.71. The number of carbonyl (C=O) groups excluding carboxylic acids is 1. The van der Waals surface area contributed by atoms with Crippen molar-refractivity contribution in [2.75, 3.05) is 6.61 Å². The summed E-state index contributed by atoms with van der Waals surface area (Å²) in [5, 5.41) is 0. The van der Waals surface area contributed by atoms with E-state index in [1.165, 1.54) is 11.3 Å². The molecule has 4 aromatic rings. The lowest BCUT2D eigenvalue weighted by Crippen LogP contribution is -2.31. The zero-order valence-electron chi connectivity index (χ0n) is 19.6. The van der Waals surface area contributed by atoms with Gasteiger partial charge >= 0.3 is 5.97 Å². The maximum Gasteiger partial charge on any atom is 0.347 e. The Bertz CT molecular complexity index is 1250. The molecule has 1 aromatic heterocycles. The smallest absolute Gasteiger partial charge is 0.347 e. The molecule has 0 amide bonds. The van der Waals surface area contributed by atoms with Crippen LogP contribution >= 0.6 is 15.9 Å². The van der Waals surface area contributed by atoms with Crippen molar-refractivity contribution in [1.29, 1.82) is 0 Å². The Hall–Kier alpha value is -3.31. The Kier molecular flexibility index (Phi) is 7.53. The number of benzene rings is 3. The van der Waals surface area contributed by atoms with Gasteiger partial charge in [-0.1, -0.05) is 46.3 Å². The lowest BCUT2D eigenvalue weighted by Gasteiger charge is -2.18. The molecule has 0 saturated heterocycles. The van der Waals surface area contributed by atoms with Gasteiger partial charge in [0, 0.05) is 22.3 Å². The van der Waals surface area contributed by atoms with Crippen LogP contribution in [0.15, 0.2) is 89.4 Å². The van der Waals surface area contributed by atoms with Gasteiger partial charge in [-0.2, -0.15) is 0 Å². The van der Waals surface area contributed by atoms with Gasteiger partial charge in [0.05, 0.1) is 12.3 Å². The fourth-order valence-corrected chi connectivity index (χ4v) is 4.44. The summed E-state index contributed by atoms with van der Waals surface area (Å²) in [6.45, 7) is 6.36. The second-order valence-corrected chi connectivity index (χ2v) is 9.12. The number of esters is 1. The van der Waals surface area contributed by atoms with Gasteiger partial charge in [-0.15, -0.1) is 0 Å². The molecule has 34 heavy (non-hydrogen) atoms. The highest BCUT2D eigenvalue weighted by Gasteiger charge is 2.23. The van der Waals surface area contributed by atoms with E-state index < -0.39 is 6.10 Å². The van der Waals surface area contributed by atoms with E-state index >= 15 is 0 Å². The molecule has 4 rings (SSSR count). The van der Waals surface area contributed by atoms with E-state index in [-0.39, 0.29) is 5.97 Å². The third-order valence-electron chi connectivity index (χ3n) is 5.68. The Morgan fingerprint density at radius 1 is 0.941 bits per heavy atom. The van der Waals surface area contributed by atoms with Crippen molar-refractivity contribution < 1.29 is 14.3 Å². The van der Waals surface area contributed by atoms with Crippen LogP contribution in [0.1, 0.15) is 23.7 Å². The van der Waals surface area contributed by atoms with Crippen LogP contribution in [0.2, 0.25) is 0 Å². The summed E-state index contributed by atoms with van der Waals surface area (Å²) in [6, 6.07) is 28.2. The van der Waals surface area contributed by atoms with Crippen LogP contribution < -0.4 is 4.74 Å². The Morgan fingerprint density at radius 2 is 1.62 bits per heavy atom. The highest BCUT2D eigenvalue weighted by atomic mass is 79.9. The van der Waals surface area contributed by atoms with Gasteiger partial charge in [-0.05, 0) is 92.1 Å². The normalized spacial score (nSPS) is 11.8. The summed E-state index contributed by atoms with van der Waals surface area (Å²) in [4.78, 5) is 12.6. The summed E-state index contributed by atoms with van der Waals surface area (Å²) in [5.74, 6) is 0.278. The molecular weight excluding hydrogens is 490 g/mol. The standard InChI is InChI=1S/C29H28BrNO3/c1-4-33-29(32)27(19-22-8-6-5-7-9-22)34-26-16-10-23(11-17-26)28-20(2)18-21(3)31(28)25-14-12-24(30)13-15-25/h5-18,27H,4,19H2,1-3H3/t27-/m1/s1. The lowest BCUT2D eigenvalue weighted by atomic mass is 10.1. The highest BCUT2D eigenvalue weighted by Crippen LogP contribution is 2.32. The van der Waals surface area contributed by atoms with Crippen LogP contribution in [0.3, 0.4) is 0 Å². The quantitative estimate of drug-likeness (QED) is 0.234. The molecule has 0 unspecified atom stereocenters. The molecule has 0 fully saturated rings. The minimum absolute atomic E-state index is 0.318. The SMILES string of the molecule is CCOC(=O)[C@@H](Cc1ccccc1)Oc1ccc(-c2c(C)cc(C)n2-c2ccc(Br)cc2)cc1. The number of nitrogens with zero attached hydrogens (tertiary/aromatic N) is 1. The van der Waals surface area contributed by atoms with E-state index in [0.29, 0.717) is 18.8 Å². The number of aromatic nitrogens is 1. The number of hydrogen-bond acceptors (Lipinski definition) is 3. The highest BCUT2D eigenvalue weighted by molar-refractivity contribution is 9.10. The van der Waals surface area contributed by atoms with Crippen molar-refractivity contribution in [1.82, 2.24) is 4.57 Å². The molecule has 1 heterocycles. The first-order valence-corrected chi connectivity index (χ1v) is 12.2. The van der Waals surface area contributed by atoms with Crippen LogP contribution in [0.4, 0.5) is 0 Å².